The minimum Gasteiger partial charge on any atom is -0.356 e. The molecule has 7 nitrogen and oxygen atoms in total. The zero-order valence-corrected chi connectivity index (χ0v) is 15.0. The lowest BCUT2D eigenvalue weighted by molar-refractivity contribution is 0.350. The Bertz CT molecular complexity index is 832. The maximum absolute atomic E-state index is 4.86. The first-order valence-electron chi connectivity index (χ1n) is 9.17. The maximum atomic E-state index is 4.86. The normalized spacial score (nSPS) is 17.4. The van der Waals surface area contributed by atoms with Crippen LogP contribution in [0.3, 0.4) is 0 Å². The Labute approximate surface area is 153 Å². The summed E-state index contributed by atoms with van der Waals surface area (Å²) in [5.74, 6) is 2.35. The molecule has 3 aromatic rings. The van der Waals surface area contributed by atoms with Crippen molar-refractivity contribution < 1.29 is 0 Å². The zero-order valence-electron chi connectivity index (χ0n) is 15.0. The third-order valence-corrected chi connectivity index (χ3v) is 4.82. The molecule has 0 radical (unpaired) electrons. The summed E-state index contributed by atoms with van der Waals surface area (Å²) in [5.41, 5.74) is 2.08. The number of hydrogen-bond donors (Lipinski definition) is 0. The number of rotatable bonds is 5. The first kappa shape index (κ1) is 16.6. The van der Waals surface area contributed by atoms with Crippen molar-refractivity contribution in [2.24, 2.45) is 5.92 Å². The van der Waals surface area contributed by atoms with Gasteiger partial charge in [0.25, 0.3) is 0 Å². The van der Waals surface area contributed by atoms with E-state index in [4.69, 9.17) is 9.97 Å². The van der Waals surface area contributed by atoms with Gasteiger partial charge in [-0.15, -0.1) is 0 Å². The highest BCUT2D eigenvalue weighted by molar-refractivity contribution is 5.57. The van der Waals surface area contributed by atoms with Crippen molar-refractivity contribution in [2.75, 3.05) is 18.0 Å². The van der Waals surface area contributed by atoms with E-state index in [0.717, 1.165) is 55.4 Å². The average molecular weight is 349 g/mol. The molecular weight excluding hydrogens is 326 g/mol. The molecule has 4 heterocycles. The molecule has 0 N–H and O–H groups in total. The summed E-state index contributed by atoms with van der Waals surface area (Å²) in [6.07, 6.45) is 10.2. The first-order chi connectivity index (χ1) is 12.8. The summed E-state index contributed by atoms with van der Waals surface area (Å²) >= 11 is 0. The monoisotopic (exact) mass is 349 g/mol. The average Bonchev–Trinajstić information content (AvgIpc) is 3.21. The van der Waals surface area contributed by atoms with Crippen LogP contribution in [-0.2, 0) is 13.0 Å². The SMILES string of the molecule is CCc1cc(N2CCCC(Cn3cncn3)C2)nc(-c2ccncc2)n1. The van der Waals surface area contributed by atoms with Crippen LogP contribution in [0.2, 0.25) is 0 Å². The summed E-state index contributed by atoms with van der Waals surface area (Å²) in [6.45, 7) is 5.05. The number of piperidine rings is 1. The number of hydrogen-bond acceptors (Lipinski definition) is 6. The van der Waals surface area contributed by atoms with E-state index in [1.54, 1.807) is 25.0 Å². The van der Waals surface area contributed by atoms with E-state index in [1.165, 1.54) is 6.42 Å². The number of anilines is 1. The largest absolute Gasteiger partial charge is 0.356 e. The molecule has 0 saturated carbocycles. The lowest BCUT2D eigenvalue weighted by atomic mass is 9.98. The Kier molecular flexibility index (Phi) is 4.86. The van der Waals surface area contributed by atoms with E-state index in [1.807, 2.05) is 16.8 Å². The molecule has 1 fully saturated rings. The minimum atomic E-state index is 0.551. The van der Waals surface area contributed by atoms with Crippen molar-refractivity contribution in [3.05, 3.63) is 48.9 Å². The molecule has 4 rings (SSSR count). The topological polar surface area (TPSA) is 72.6 Å². The third-order valence-electron chi connectivity index (χ3n) is 4.82. The fourth-order valence-corrected chi connectivity index (χ4v) is 3.47. The van der Waals surface area contributed by atoms with Gasteiger partial charge in [-0.25, -0.2) is 15.0 Å². The van der Waals surface area contributed by atoms with E-state index in [0.29, 0.717) is 5.92 Å². The summed E-state index contributed by atoms with van der Waals surface area (Å²) < 4.78 is 1.92. The molecule has 0 aromatic carbocycles. The van der Waals surface area contributed by atoms with E-state index < -0.39 is 0 Å². The van der Waals surface area contributed by atoms with Crippen LogP contribution in [0.25, 0.3) is 11.4 Å². The second-order valence-corrected chi connectivity index (χ2v) is 6.70. The van der Waals surface area contributed by atoms with Crippen molar-refractivity contribution in [1.82, 2.24) is 29.7 Å². The molecule has 7 heteroatoms. The maximum Gasteiger partial charge on any atom is 0.161 e. The standard InChI is InChI=1S/C19H23N7/c1-2-17-10-18(24-19(23-17)16-5-7-20-8-6-16)25-9-3-4-15(11-25)12-26-14-21-13-22-26/h5-8,10,13-15H,2-4,9,11-12H2,1H3. The van der Waals surface area contributed by atoms with Crippen molar-refractivity contribution in [3.8, 4) is 11.4 Å². The van der Waals surface area contributed by atoms with Crippen LogP contribution in [0.4, 0.5) is 5.82 Å². The smallest absolute Gasteiger partial charge is 0.161 e. The number of nitrogens with zero attached hydrogens (tertiary/aromatic N) is 7. The van der Waals surface area contributed by atoms with E-state index >= 15 is 0 Å². The highest BCUT2D eigenvalue weighted by atomic mass is 15.3. The fraction of sp³-hybridized carbons (Fsp3) is 0.421. The Morgan fingerprint density at radius 1 is 1.15 bits per heavy atom. The summed E-state index contributed by atoms with van der Waals surface area (Å²) in [6, 6.07) is 6.05. The van der Waals surface area contributed by atoms with Crippen molar-refractivity contribution >= 4 is 5.82 Å². The lowest BCUT2D eigenvalue weighted by Gasteiger charge is -2.33. The quantitative estimate of drug-likeness (QED) is 0.705. The van der Waals surface area contributed by atoms with Gasteiger partial charge in [0.15, 0.2) is 5.82 Å². The molecule has 1 saturated heterocycles. The van der Waals surface area contributed by atoms with Gasteiger partial charge in [-0.05, 0) is 37.3 Å². The van der Waals surface area contributed by atoms with E-state index in [-0.39, 0.29) is 0 Å². The summed E-state index contributed by atoms with van der Waals surface area (Å²) in [5, 5.41) is 4.24. The van der Waals surface area contributed by atoms with E-state index in [2.05, 4.69) is 33.0 Å². The summed E-state index contributed by atoms with van der Waals surface area (Å²) in [4.78, 5) is 20.1. The van der Waals surface area contributed by atoms with Crippen LogP contribution >= 0.6 is 0 Å². The molecule has 1 atom stereocenters. The van der Waals surface area contributed by atoms with Gasteiger partial charge in [0, 0.05) is 49.4 Å². The van der Waals surface area contributed by atoms with Crippen LogP contribution in [0.15, 0.2) is 43.2 Å². The van der Waals surface area contributed by atoms with Gasteiger partial charge in [0.1, 0.15) is 18.5 Å². The Morgan fingerprint density at radius 2 is 2.04 bits per heavy atom. The number of aromatic nitrogens is 6. The molecule has 0 spiro atoms. The molecule has 1 aliphatic rings. The highest BCUT2D eigenvalue weighted by Gasteiger charge is 2.22. The molecule has 0 bridgehead atoms. The molecule has 3 aromatic heterocycles. The van der Waals surface area contributed by atoms with Crippen LogP contribution in [0.1, 0.15) is 25.5 Å². The van der Waals surface area contributed by atoms with Gasteiger partial charge < -0.3 is 4.90 Å². The molecule has 1 aliphatic heterocycles. The van der Waals surface area contributed by atoms with Gasteiger partial charge in [0.2, 0.25) is 0 Å². The van der Waals surface area contributed by atoms with Gasteiger partial charge in [0.05, 0.1) is 0 Å². The van der Waals surface area contributed by atoms with Crippen molar-refractivity contribution in [2.45, 2.75) is 32.7 Å². The van der Waals surface area contributed by atoms with Crippen LogP contribution < -0.4 is 4.90 Å². The molecule has 26 heavy (non-hydrogen) atoms. The molecule has 134 valence electrons. The number of aryl methyl sites for hydroxylation is 1. The second-order valence-electron chi connectivity index (χ2n) is 6.70. The predicted molar refractivity (Wildman–Crippen MR) is 99.6 cm³/mol. The van der Waals surface area contributed by atoms with Gasteiger partial charge in [-0.2, -0.15) is 5.10 Å². The minimum absolute atomic E-state index is 0.551. The third kappa shape index (κ3) is 3.71. The van der Waals surface area contributed by atoms with Crippen LogP contribution in [0, 0.1) is 5.92 Å². The van der Waals surface area contributed by atoms with Crippen LogP contribution in [-0.4, -0.2) is 42.8 Å². The van der Waals surface area contributed by atoms with Gasteiger partial charge in [-0.3, -0.25) is 9.67 Å². The Balaban J connectivity index is 1.58. The summed E-state index contributed by atoms with van der Waals surface area (Å²) in [7, 11) is 0. The Morgan fingerprint density at radius 3 is 2.81 bits per heavy atom. The van der Waals surface area contributed by atoms with Gasteiger partial charge in [-0.1, -0.05) is 6.92 Å². The predicted octanol–water partition coefficient (Wildman–Crippen LogP) is 2.61. The number of pyridine rings is 1. The van der Waals surface area contributed by atoms with Crippen molar-refractivity contribution in [1.29, 1.82) is 0 Å². The zero-order chi connectivity index (χ0) is 17.8. The second kappa shape index (κ2) is 7.59. The van der Waals surface area contributed by atoms with Gasteiger partial charge >= 0.3 is 0 Å². The molecule has 0 aliphatic carbocycles. The first-order valence-corrected chi connectivity index (χ1v) is 9.17. The highest BCUT2D eigenvalue weighted by Crippen LogP contribution is 2.25. The lowest BCUT2D eigenvalue weighted by Crippen LogP contribution is -2.37. The fourth-order valence-electron chi connectivity index (χ4n) is 3.47. The molecule has 0 amide bonds. The van der Waals surface area contributed by atoms with Crippen LogP contribution in [0.5, 0.6) is 0 Å². The van der Waals surface area contributed by atoms with Crippen molar-refractivity contribution in [3.63, 3.8) is 0 Å². The molecule has 1 unspecified atom stereocenters. The van der Waals surface area contributed by atoms with E-state index in [9.17, 15) is 0 Å². The molecular formula is C19H23N7. The Hall–Kier alpha value is -2.83.